The molecule has 3 aromatic carbocycles. The van der Waals surface area contributed by atoms with Crippen molar-refractivity contribution >= 4 is 17.3 Å². The maximum absolute atomic E-state index is 13.8. The van der Waals surface area contributed by atoms with Gasteiger partial charge in [0.25, 0.3) is 0 Å². The SMILES string of the molecule is CC1CN(c2ccc(OCCOC3CCCCO3)cc2Cl)C(c2ccc(F)cc2)CN1Cc1ccccc1. The minimum atomic E-state index is -0.232. The normalized spacial score (nSPS) is 22.4. The van der Waals surface area contributed by atoms with Crippen molar-refractivity contribution in [2.24, 2.45) is 0 Å². The molecule has 2 saturated heterocycles. The van der Waals surface area contributed by atoms with Gasteiger partial charge in [0.1, 0.15) is 18.2 Å². The molecule has 38 heavy (non-hydrogen) atoms. The second kappa shape index (κ2) is 12.9. The molecule has 0 amide bonds. The van der Waals surface area contributed by atoms with Crippen LogP contribution in [0.3, 0.4) is 0 Å². The Hall–Kier alpha value is -2.64. The molecule has 2 fully saturated rings. The Bertz CT molecular complexity index is 1160. The molecule has 2 aliphatic rings. The van der Waals surface area contributed by atoms with Gasteiger partial charge < -0.3 is 19.1 Å². The Kier molecular flexibility index (Phi) is 9.18. The molecule has 0 N–H and O–H groups in total. The maximum Gasteiger partial charge on any atom is 0.157 e. The van der Waals surface area contributed by atoms with Gasteiger partial charge in [-0.05, 0) is 61.6 Å². The van der Waals surface area contributed by atoms with Crippen LogP contribution in [-0.4, -0.2) is 50.1 Å². The predicted molar refractivity (Wildman–Crippen MR) is 149 cm³/mol. The minimum Gasteiger partial charge on any atom is -0.491 e. The number of anilines is 1. The molecule has 3 aromatic rings. The van der Waals surface area contributed by atoms with Crippen molar-refractivity contribution in [1.82, 2.24) is 4.90 Å². The molecule has 0 saturated carbocycles. The van der Waals surface area contributed by atoms with E-state index in [1.165, 1.54) is 17.7 Å². The van der Waals surface area contributed by atoms with Crippen LogP contribution in [0.4, 0.5) is 10.1 Å². The molecule has 0 bridgehead atoms. The maximum atomic E-state index is 13.8. The number of ether oxygens (including phenoxy) is 3. The van der Waals surface area contributed by atoms with Gasteiger partial charge in [-0.3, -0.25) is 4.90 Å². The average molecular weight is 539 g/mol. The van der Waals surface area contributed by atoms with Crippen molar-refractivity contribution in [3.63, 3.8) is 0 Å². The third-order valence-electron chi connectivity index (χ3n) is 7.37. The number of benzene rings is 3. The van der Waals surface area contributed by atoms with E-state index in [0.29, 0.717) is 30.0 Å². The Balaban J connectivity index is 1.29. The fourth-order valence-corrected chi connectivity index (χ4v) is 5.57. The monoisotopic (exact) mass is 538 g/mol. The Morgan fingerprint density at radius 3 is 2.53 bits per heavy atom. The molecule has 0 aromatic heterocycles. The molecule has 2 heterocycles. The fraction of sp³-hybridized carbons (Fsp3) is 0.419. The Labute approximate surface area is 230 Å². The van der Waals surface area contributed by atoms with Crippen molar-refractivity contribution in [3.05, 3.63) is 94.8 Å². The van der Waals surface area contributed by atoms with Crippen LogP contribution in [0.1, 0.15) is 43.4 Å². The predicted octanol–water partition coefficient (Wildman–Crippen LogP) is 6.85. The molecule has 202 valence electrons. The van der Waals surface area contributed by atoms with E-state index in [4.69, 9.17) is 25.8 Å². The van der Waals surface area contributed by atoms with E-state index in [1.807, 2.05) is 36.4 Å². The summed E-state index contributed by atoms with van der Waals surface area (Å²) in [5.41, 5.74) is 3.30. The van der Waals surface area contributed by atoms with Gasteiger partial charge in [-0.2, -0.15) is 0 Å². The third kappa shape index (κ3) is 6.86. The standard InChI is InChI=1S/C31H36ClFN2O3/c1-23-20-35(29-15-14-27(19-28(29)32)36-17-18-38-31-9-5-6-16-37-31)30(25-10-12-26(33)13-11-25)22-34(23)21-24-7-3-2-4-8-24/h2-4,7-8,10-15,19,23,30-31H,5-6,9,16-18,20-22H2,1H3. The molecule has 0 spiro atoms. The summed E-state index contributed by atoms with van der Waals surface area (Å²) in [6.45, 7) is 6.38. The van der Waals surface area contributed by atoms with Crippen LogP contribution in [0.2, 0.25) is 5.02 Å². The molecular formula is C31H36ClFN2O3. The summed E-state index contributed by atoms with van der Waals surface area (Å²) >= 11 is 6.84. The van der Waals surface area contributed by atoms with Crippen LogP contribution in [0.15, 0.2) is 72.8 Å². The smallest absolute Gasteiger partial charge is 0.157 e. The van der Waals surface area contributed by atoms with Crippen LogP contribution in [0.5, 0.6) is 5.75 Å². The summed E-state index contributed by atoms with van der Waals surface area (Å²) in [6.07, 6.45) is 3.06. The van der Waals surface area contributed by atoms with Gasteiger partial charge in [0.15, 0.2) is 6.29 Å². The first-order chi connectivity index (χ1) is 18.6. The first-order valence-electron chi connectivity index (χ1n) is 13.5. The quantitative estimate of drug-likeness (QED) is 0.278. The van der Waals surface area contributed by atoms with Crippen molar-refractivity contribution in [2.75, 3.05) is 37.8 Å². The van der Waals surface area contributed by atoms with Gasteiger partial charge in [0, 0.05) is 38.3 Å². The molecule has 5 nitrogen and oxygen atoms in total. The highest BCUT2D eigenvalue weighted by Gasteiger charge is 2.33. The van der Waals surface area contributed by atoms with Crippen LogP contribution < -0.4 is 9.64 Å². The molecule has 0 radical (unpaired) electrons. The number of hydrogen-bond donors (Lipinski definition) is 0. The number of halogens is 2. The van der Waals surface area contributed by atoms with Crippen LogP contribution in [-0.2, 0) is 16.0 Å². The average Bonchev–Trinajstić information content (AvgIpc) is 2.94. The first-order valence-corrected chi connectivity index (χ1v) is 13.9. The second-order valence-electron chi connectivity index (χ2n) is 10.1. The molecule has 2 aliphatic heterocycles. The molecular weight excluding hydrogens is 503 g/mol. The van der Waals surface area contributed by atoms with Gasteiger partial charge >= 0.3 is 0 Å². The van der Waals surface area contributed by atoms with E-state index in [0.717, 1.165) is 56.8 Å². The highest BCUT2D eigenvalue weighted by Crippen LogP contribution is 2.38. The van der Waals surface area contributed by atoms with E-state index in [1.54, 1.807) is 0 Å². The topological polar surface area (TPSA) is 34.2 Å². The molecule has 5 rings (SSSR count). The summed E-state index contributed by atoms with van der Waals surface area (Å²) in [5, 5.41) is 0.634. The number of piperazine rings is 1. The van der Waals surface area contributed by atoms with Gasteiger partial charge in [0.05, 0.1) is 23.4 Å². The number of rotatable bonds is 9. The van der Waals surface area contributed by atoms with Crippen molar-refractivity contribution in [2.45, 2.75) is 51.1 Å². The zero-order valence-electron chi connectivity index (χ0n) is 21.9. The summed E-state index contributed by atoms with van der Waals surface area (Å²) < 4.78 is 31.1. The number of hydrogen-bond acceptors (Lipinski definition) is 5. The van der Waals surface area contributed by atoms with Gasteiger partial charge in [-0.15, -0.1) is 0 Å². The van der Waals surface area contributed by atoms with Crippen molar-refractivity contribution < 1.29 is 18.6 Å². The lowest BCUT2D eigenvalue weighted by atomic mass is 9.98. The van der Waals surface area contributed by atoms with Crippen LogP contribution in [0, 0.1) is 5.82 Å². The van der Waals surface area contributed by atoms with E-state index in [2.05, 4.69) is 41.0 Å². The highest BCUT2D eigenvalue weighted by molar-refractivity contribution is 6.33. The lowest BCUT2D eigenvalue weighted by Crippen LogP contribution is -2.53. The lowest BCUT2D eigenvalue weighted by molar-refractivity contribution is -0.165. The Morgan fingerprint density at radius 2 is 1.79 bits per heavy atom. The first kappa shape index (κ1) is 26.9. The van der Waals surface area contributed by atoms with E-state index in [-0.39, 0.29) is 18.1 Å². The minimum absolute atomic E-state index is 0.0312. The molecule has 3 unspecified atom stereocenters. The highest BCUT2D eigenvalue weighted by atomic mass is 35.5. The van der Waals surface area contributed by atoms with E-state index >= 15 is 0 Å². The van der Waals surface area contributed by atoms with Crippen LogP contribution in [0.25, 0.3) is 0 Å². The third-order valence-corrected chi connectivity index (χ3v) is 7.68. The van der Waals surface area contributed by atoms with E-state index < -0.39 is 0 Å². The summed E-state index contributed by atoms with van der Waals surface area (Å²) in [4.78, 5) is 4.83. The Morgan fingerprint density at radius 1 is 0.974 bits per heavy atom. The van der Waals surface area contributed by atoms with Crippen LogP contribution >= 0.6 is 11.6 Å². The zero-order valence-corrected chi connectivity index (χ0v) is 22.7. The molecule has 0 aliphatic carbocycles. The number of nitrogens with zero attached hydrogens (tertiary/aromatic N) is 2. The summed E-state index contributed by atoms with van der Waals surface area (Å²) in [6, 6.07) is 23.5. The van der Waals surface area contributed by atoms with Gasteiger partial charge in [0.2, 0.25) is 0 Å². The molecule has 3 atom stereocenters. The summed E-state index contributed by atoms with van der Waals surface area (Å²) in [7, 11) is 0. The van der Waals surface area contributed by atoms with Crippen molar-refractivity contribution in [1.29, 1.82) is 0 Å². The van der Waals surface area contributed by atoms with Crippen molar-refractivity contribution in [3.8, 4) is 5.75 Å². The largest absolute Gasteiger partial charge is 0.491 e. The van der Waals surface area contributed by atoms with Gasteiger partial charge in [-0.25, -0.2) is 4.39 Å². The zero-order chi connectivity index (χ0) is 26.3. The van der Waals surface area contributed by atoms with E-state index in [9.17, 15) is 4.39 Å². The lowest BCUT2D eigenvalue weighted by Gasteiger charge is -2.47. The molecule has 7 heteroatoms. The summed E-state index contributed by atoms with van der Waals surface area (Å²) in [5.74, 6) is 0.477. The fourth-order valence-electron chi connectivity index (χ4n) is 5.29. The van der Waals surface area contributed by atoms with Gasteiger partial charge in [-0.1, -0.05) is 54.1 Å². The second-order valence-corrected chi connectivity index (χ2v) is 10.5.